The van der Waals surface area contributed by atoms with E-state index in [2.05, 4.69) is 15.3 Å². The van der Waals surface area contributed by atoms with Crippen molar-refractivity contribution in [2.24, 2.45) is 0 Å². The van der Waals surface area contributed by atoms with Crippen LogP contribution in [-0.2, 0) is 4.79 Å². The van der Waals surface area contributed by atoms with Gasteiger partial charge in [-0.15, -0.1) is 0 Å². The van der Waals surface area contributed by atoms with Gasteiger partial charge in [-0.05, 0) is 23.8 Å². The summed E-state index contributed by atoms with van der Waals surface area (Å²) < 4.78 is 5.20. The molecule has 0 saturated heterocycles. The van der Waals surface area contributed by atoms with Crippen LogP contribution in [0.1, 0.15) is 10.8 Å². The van der Waals surface area contributed by atoms with Crippen LogP contribution in [-0.4, -0.2) is 23.0 Å². The van der Waals surface area contributed by atoms with Crippen LogP contribution < -0.4 is 10.1 Å². The van der Waals surface area contributed by atoms with E-state index in [1.807, 2.05) is 48.5 Å². The summed E-state index contributed by atoms with van der Waals surface area (Å²) in [5.74, 6) is 0.546. The quantitative estimate of drug-likeness (QED) is 0.538. The molecule has 1 heterocycles. The lowest BCUT2D eigenvalue weighted by molar-refractivity contribution is -0.115. The molecule has 2 aromatic carbocycles. The van der Waals surface area contributed by atoms with E-state index in [0.717, 1.165) is 5.56 Å². The zero-order chi connectivity index (χ0) is 17.5. The molecule has 5 nitrogen and oxygen atoms in total. The monoisotopic (exact) mass is 351 g/mol. The minimum absolute atomic E-state index is 0.142. The van der Waals surface area contributed by atoms with Gasteiger partial charge in [0.1, 0.15) is 11.0 Å². The number of amides is 1. The summed E-state index contributed by atoms with van der Waals surface area (Å²) in [6, 6.07) is 18.6. The highest BCUT2D eigenvalue weighted by atomic mass is 32.2. The Kier molecular flexibility index (Phi) is 5.64. The minimum Gasteiger partial charge on any atom is -0.497 e. The second-order valence-electron chi connectivity index (χ2n) is 5.16. The number of hydrogen-bond donors (Lipinski definition) is 1. The van der Waals surface area contributed by atoms with Gasteiger partial charge in [-0.3, -0.25) is 4.79 Å². The number of hydrogen-bond acceptors (Lipinski definition) is 5. The third kappa shape index (κ3) is 4.58. The number of carbonyl (C=O) groups excluding carboxylic acids is 1. The Balaban J connectivity index is 1.84. The maximum atomic E-state index is 12.9. The summed E-state index contributed by atoms with van der Waals surface area (Å²) in [7, 11) is 1.59. The van der Waals surface area contributed by atoms with Gasteiger partial charge in [0.15, 0.2) is 5.16 Å². The van der Waals surface area contributed by atoms with Gasteiger partial charge in [-0.25, -0.2) is 9.97 Å². The molecule has 1 amide bonds. The van der Waals surface area contributed by atoms with Gasteiger partial charge < -0.3 is 10.1 Å². The van der Waals surface area contributed by atoms with Crippen molar-refractivity contribution < 1.29 is 9.53 Å². The summed E-state index contributed by atoms with van der Waals surface area (Å²) in [6.45, 7) is 0. The first kappa shape index (κ1) is 17.0. The lowest BCUT2D eigenvalue weighted by Gasteiger charge is -2.16. The van der Waals surface area contributed by atoms with Crippen LogP contribution in [0.3, 0.4) is 0 Å². The van der Waals surface area contributed by atoms with Crippen LogP contribution in [0.5, 0.6) is 5.75 Å². The molecule has 0 radical (unpaired) electrons. The fourth-order valence-corrected chi connectivity index (χ4v) is 3.17. The van der Waals surface area contributed by atoms with Gasteiger partial charge in [0, 0.05) is 24.1 Å². The third-order valence-corrected chi connectivity index (χ3v) is 4.59. The summed E-state index contributed by atoms with van der Waals surface area (Å²) in [5, 5.41) is 3.03. The number of benzene rings is 2. The average molecular weight is 351 g/mol. The number of anilines is 1. The number of thioether (sulfide) groups is 1. The van der Waals surface area contributed by atoms with Crippen molar-refractivity contribution in [2.45, 2.75) is 10.4 Å². The Bertz CT molecular complexity index is 828. The highest BCUT2D eigenvalue weighted by Crippen LogP contribution is 2.34. The van der Waals surface area contributed by atoms with E-state index >= 15 is 0 Å². The minimum atomic E-state index is -0.463. The van der Waals surface area contributed by atoms with Crippen molar-refractivity contribution in [3.05, 3.63) is 78.6 Å². The van der Waals surface area contributed by atoms with Gasteiger partial charge in [-0.1, -0.05) is 48.2 Å². The fraction of sp³-hybridized carbons (Fsp3) is 0.105. The van der Waals surface area contributed by atoms with E-state index in [9.17, 15) is 4.79 Å². The maximum Gasteiger partial charge on any atom is 0.242 e. The first-order valence-corrected chi connectivity index (χ1v) is 8.58. The molecule has 0 fully saturated rings. The molecule has 3 aromatic rings. The normalized spacial score (nSPS) is 11.6. The smallest absolute Gasteiger partial charge is 0.242 e. The second kappa shape index (κ2) is 8.30. The average Bonchev–Trinajstić information content (AvgIpc) is 2.67. The van der Waals surface area contributed by atoms with E-state index in [-0.39, 0.29) is 5.91 Å². The molecule has 0 aliphatic heterocycles. The summed E-state index contributed by atoms with van der Waals surface area (Å²) >= 11 is 1.31. The number of aromatic nitrogens is 2. The number of nitrogens with zero attached hydrogens (tertiary/aromatic N) is 2. The van der Waals surface area contributed by atoms with Crippen LogP contribution in [0.25, 0.3) is 0 Å². The Hall–Kier alpha value is -2.86. The molecular weight excluding hydrogens is 334 g/mol. The lowest BCUT2D eigenvalue weighted by Crippen LogP contribution is -2.19. The Morgan fingerprint density at radius 2 is 1.80 bits per heavy atom. The molecule has 6 heteroatoms. The summed E-state index contributed by atoms with van der Waals surface area (Å²) in [4.78, 5) is 21.3. The molecule has 1 N–H and O–H groups in total. The van der Waals surface area contributed by atoms with Gasteiger partial charge in [-0.2, -0.15) is 0 Å². The van der Waals surface area contributed by atoms with E-state index in [0.29, 0.717) is 16.6 Å². The maximum absolute atomic E-state index is 12.9. The van der Waals surface area contributed by atoms with E-state index in [1.165, 1.54) is 11.8 Å². The zero-order valence-electron chi connectivity index (χ0n) is 13.6. The Labute approximate surface area is 150 Å². The molecule has 0 spiro atoms. The summed E-state index contributed by atoms with van der Waals surface area (Å²) in [5.41, 5.74) is 1.57. The molecule has 0 aliphatic carbocycles. The van der Waals surface area contributed by atoms with Crippen LogP contribution in [0.15, 0.2) is 78.2 Å². The molecule has 0 unspecified atom stereocenters. The van der Waals surface area contributed by atoms with E-state index in [4.69, 9.17) is 4.74 Å². The standard InChI is InChI=1S/C19H17N3O2S/c1-24-16-10-5-9-15(13-16)22-18(23)17(14-7-3-2-4-8-14)25-19-20-11-6-12-21-19/h2-13,17H,1H3,(H,22,23)/t17-/m0/s1. The van der Waals surface area contributed by atoms with Crippen molar-refractivity contribution in [1.82, 2.24) is 9.97 Å². The van der Waals surface area contributed by atoms with Crippen LogP contribution >= 0.6 is 11.8 Å². The van der Waals surface area contributed by atoms with Crippen LogP contribution in [0.4, 0.5) is 5.69 Å². The molecule has 0 bridgehead atoms. The van der Waals surface area contributed by atoms with Crippen molar-refractivity contribution in [2.75, 3.05) is 12.4 Å². The molecule has 3 rings (SSSR count). The fourth-order valence-electron chi connectivity index (χ4n) is 2.26. The first-order chi connectivity index (χ1) is 12.3. The molecule has 25 heavy (non-hydrogen) atoms. The molecule has 126 valence electrons. The van der Waals surface area contributed by atoms with E-state index < -0.39 is 5.25 Å². The topological polar surface area (TPSA) is 64.1 Å². The van der Waals surface area contributed by atoms with Crippen molar-refractivity contribution in [3.63, 3.8) is 0 Å². The van der Waals surface area contributed by atoms with Crippen LogP contribution in [0.2, 0.25) is 0 Å². The SMILES string of the molecule is COc1cccc(NC(=O)[C@@H](Sc2ncccn2)c2ccccc2)c1. The number of nitrogens with one attached hydrogen (secondary N) is 1. The predicted octanol–water partition coefficient (Wildman–Crippen LogP) is 3.96. The molecule has 1 atom stereocenters. The van der Waals surface area contributed by atoms with Crippen molar-refractivity contribution in [1.29, 1.82) is 0 Å². The lowest BCUT2D eigenvalue weighted by atomic mass is 10.1. The largest absolute Gasteiger partial charge is 0.497 e. The molecule has 1 aromatic heterocycles. The van der Waals surface area contributed by atoms with Gasteiger partial charge >= 0.3 is 0 Å². The van der Waals surface area contributed by atoms with Gasteiger partial charge in [0.05, 0.1) is 7.11 Å². The highest BCUT2D eigenvalue weighted by Gasteiger charge is 2.23. The van der Waals surface area contributed by atoms with Gasteiger partial charge in [0.2, 0.25) is 5.91 Å². The van der Waals surface area contributed by atoms with Crippen LogP contribution in [0, 0.1) is 0 Å². The second-order valence-corrected chi connectivity index (χ2v) is 6.23. The van der Waals surface area contributed by atoms with Gasteiger partial charge in [0.25, 0.3) is 0 Å². The van der Waals surface area contributed by atoms with E-state index in [1.54, 1.807) is 31.6 Å². The zero-order valence-corrected chi connectivity index (χ0v) is 14.4. The number of methoxy groups -OCH3 is 1. The number of rotatable bonds is 6. The summed E-state index contributed by atoms with van der Waals surface area (Å²) in [6.07, 6.45) is 3.33. The predicted molar refractivity (Wildman–Crippen MR) is 98.7 cm³/mol. The number of carbonyl (C=O) groups is 1. The molecule has 0 aliphatic rings. The third-order valence-electron chi connectivity index (χ3n) is 3.44. The highest BCUT2D eigenvalue weighted by molar-refractivity contribution is 8.00. The number of ether oxygens (including phenoxy) is 1. The van der Waals surface area contributed by atoms with Crippen molar-refractivity contribution in [3.8, 4) is 5.75 Å². The van der Waals surface area contributed by atoms with Crippen molar-refractivity contribution >= 4 is 23.4 Å². The molecular formula is C19H17N3O2S. The Morgan fingerprint density at radius 3 is 2.52 bits per heavy atom. The first-order valence-electron chi connectivity index (χ1n) is 7.70. The molecule has 0 saturated carbocycles. The Morgan fingerprint density at radius 1 is 1.04 bits per heavy atom.